The Bertz CT molecular complexity index is 1150. The van der Waals surface area contributed by atoms with Crippen LogP contribution in [0.2, 0.25) is 0 Å². The third-order valence-electron chi connectivity index (χ3n) is 5.95. The minimum absolute atomic E-state index is 0.174. The highest BCUT2D eigenvalue weighted by atomic mass is 16.5. The average molecular weight is 460 g/mol. The van der Waals surface area contributed by atoms with Gasteiger partial charge in [-0.05, 0) is 43.5 Å². The molecule has 0 saturated carbocycles. The molecule has 0 aliphatic carbocycles. The number of carbonyl (C=O) groups excluding carboxylic acids is 1. The highest BCUT2D eigenvalue weighted by Crippen LogP contribution is 2.35. The number of terminal acetylenes is 1. The second-order valence-corrected chi connectivity index (χ2v) is 8.38. The van der Waals surface area contributed by atoms with Crippen molar-refractivity contribution >= 4 is 28.2 Å². The second kappa shape index (κ2) is 12.6. The molecule has 1 N–H and O–H groups in total. The second-order valence-electron chi connectivity index (χ2n) is 8.38. The zero-order valence-electron chi connectivity index (χ0n) is 20.3. The number of unbranched alkanes of at least 4 members (excludes halogenated alkanes) is 3. The number of fused-ring (bicyclic) bond motifs is 1. The molecule has 2 aromatic carbocycles. The Morgan fingerprint density at radius 2 is 1.94 bits per heavy atom. The van der Waals surface area contributed by atoms with E-state index in [1.807, 2.05) is 43.3 Å². The molecule has 0 bridgehead atoms. The summed E-state index contributed by atoms with van der Waals surface area (Å²) in [5, 5.41) is 4.15. The summed E-state index contributed by atoms with van der Waals surface area (Å²) in [7, 11) is 1.62. The SMILES string of the molecule is C#Cc1cccc(Nc2ncnc3cc(OC)c(OCCCCCCC(=O)C(C)CC)cc23)c1. The van der Waals surface area contributed by atoms with E-state index in [2.05, 4.69) is 28.1 Å². The summed E-state index contributed by atoms with van der Waals surface area (Å²) in [5.41, 5.74) is 2.39. The van der Waals surface area contributed by atoms with Gasteiger partial charge in [0.15, 0.2) is 11.5 Å². The van der Waals surface area contributed by atoms with Gasteiger partial charge in [0.1, 0.15) is 17.9 Å². The molecule has 0 fully saturated rings. The number of hydrogen-bond acceptors (Lipinski definition) is 6. The number of rotatable bonds is 13. The molecule has 0 spiro atoms. The minimum Gasteiger partial charge on any atom is -0.493 e. The molecule has 1 heterocycles. The molecule has 6 heteroatoms. The third kappa shape index (κ3) is 6.71. The summed E-state index contributed by atoms with van der Waals surface area (Å²) in [4.78, 5) is 20.7. The first kappa shape index (κ1) is 25.0. The fraction of sp³-hybridized carbons (Fsp3) is 0.393. The van der Waals surface area contributed by atoms with Crippen LogP contribution in [0.1, 0.15) is 57.9 Å². The molecule has 0 saturated heterocycles. The zero-order chi connectivity index (χ0) is 24.3. The molecule has 0 aliphatic heterocycles. The van der Waals surface area contributed by atoms with Crippen molar-refractivity contribution in [1.29, 1.82) is 0 Å². The van der Waals surface area contributed by atoms with Gasteiger partial charge >= 0.3 is 0 Å². The number of anilines is 2. The van der Waals surface area contributed by atoms with E-state index >= 15 is 0 Å². The van der Waals surface area contributed by atoms with Gasteiger partial charge in [0.25, 0.3) is 0 Å². The Balaban J connectivity index is 1.63. The van der Waals surface area contributed by atoms with E-state index in [0.29, 0.717) is 36.1 Å². The van der Waals surface area contributed by atoms with Crippen LogP contribution in [0.15, 0.2) is 42.7 Å². The first-order chi connectivity index (χ1) is 16.5. The summed E-state index contributed by atoms with van der Waals surface area (Å²) >= 11 is 0. The number of carbonyl (C=O) groups is 1. The topological polar surface area (TPSA) is 73.3 Å². The lowest BCUT2D eigenvalue weighted by Crippen LogP contribution is -2.09. The number of nitrogens with one attached hydrogen (secondary N) is 1. The van der Waals surface area contributed by atoms with Gasteiger partial charge in [0.05, 0.1) is 19.2 Å². The number of Topliss-reactive ketones (excluding diaryl/α,β-unsaturated/α-hetero) is 1. The molecule has 1 aromatic heterocycles. The maximum absolute atomic E-state index is 11.9. The fourth-order valence-electron chi connectivity index (χ4n) is 3.67. The van der Waals surface area contributed by atoms with E-state index in [-0.39, 0.29) is 5.92 Å². The lowest BCUT2D eigenvalue weighted by Gasteiger charge is -2.14. The van der Waals surface area contributed by atoms with Crippen LogP contribution in [-0.2, 0) is 4.79 Å². The predicted molar refractivity (Wildman–Crippen MR) is 137 cm³/mol. The van der Waals surface area contributed by atoms with Gasteiger partial charge in [-0.2, -0.15) is 0 Å². The number of benzene rings is 2. The molecule has 1 unspecified atom stereocenters. The molecule has 1 atom stereocenters. The molecule has 34 heavy (non-hydrogen) atoms. The smallest absolute Gasteiger partial charge is 0.162 e. The van der Waals surface area contributed by atoms with Crippen LogP contribution in [0.5, 0.6) is 11.5 Å². The maximum Gasteiger partial charge on any atom is 0.162 e. The Hall–Kier alpha value is -3.59. The predicted octanol–water partition coefficient (Wildman–Crippen LogP) is 6.31. The van der Waals surface area contributed by atoms with Gasteiger partial charge in [-0.1, -0.05) is 38.7 Å². The minimum atomic E-state index is 0.174. The van der Waals surface area contributed by atoms with Gasteiger partial charge in [-0.3, -0.25) is 4.79 Å². The Kier molecular flexibility index (Phi) is 9.28. The highest BCUT2D eigenvalue weighted by Gasteiger charge is 2.13. The molecule has 0 amide bonds. The lowest BCUT2D eigenvalue weighted by molar-refractivity contribution is -0.122. The van der Waals surface area contributed by atoms with Crippen LogP contribution in [0.3, 0.4) is 0 Å². The number of aromatic nitrogens is 2. The van der Waals surface area contributed by atoms with Crippen LogP contribution in [0.4, 0.5) is 11.5 Å². The number of ether oxygens (including phenoxy) is 2. The van der Waals surface area contributed by atoms with E-state index in [1.54, 1.807) is 7.11 Å². The average Bonchev–Trinajstić information content (AvgIpc) is 2.87. The van der Waals surface area contributed by atoms with Crippen molar-refractivity contribution < 1.29 is 14.3 Å². The van der Waals surface area contributed by atoms with Crippen molar-refractivity contribution in [2.24, 2.45) is 5.92 Å². The van der Waals surface area contributed by atoms with E-state index in [0.717, 1.165) is 54.3 Å². The van der Waals surface area contributed by atoms with Gasteiger partial charge in [-0.15, -0.1) is 6.42 Å². The molecule has 0 aliphatic rings. The molecule has 3 rings (SSSR count). The first-order valence-electron chi connectivity index (χ1n) is 11.9. The van der Waals surface area contributed by atoms with Crippen LogP contribution in [0, 0.1) is 18.3 Å². The maximum atomic E-state index is 11.9. The Morgan fingerprint density at radius 1 is 1.12 bits per heavy atom. The number of ketones is 1. The zero-order valence-corrected chi connectivity index (χ0v) is 20.3. The Morgan fingerprint density at radius 3 is 2.71 bits per heavy atom. The van der Waals surface area contributed by atoms with Crippen LogP contribution in [-0.4, -0.2) is 29.5 Å². The van der Waals surface area contributed by atoms with E-state index in [4.69, 9.17) is 15.9 Å². The Labute approximate surface area is 202 Å². The normalized spacial score (nSPS) is 11.6. The van der Waals surface area contributed by atoms with E-state index in [1.165, 1.54) is 6.33 Å². The molecule has 0 radical (unpaired) electrons. The quantitative estimate of drug-likeness (QED) is 0.239. The summed E-state index contributed by atoms with van der Waals surface area (Å²) in [6.07, 6.45) is 12.5. The van der Waals surface area contributed by atoms with Crippen LogP contribution in [0.25, 0.3) is 10.9 Å². The standard InChI is InChI=1S/C28H33N3O3/c1-5-20(3)25(32)14-9-7-8-10-15-34-27-17-23-24(18-26(27)33-4)29-19-30-28(23)31-22-13-11-12-21(6-2)16-22/h2,11-13,16-20H,5,7-10,14-15H2,1,3-4H3,(H,29,30,31). The van der Waals surface area contributed by atoms with Crippen molar-refractivity contribution in [3.63, 3.8) is 0 Å². The van der Waals surface area contributed by atoms with Crippen LogP contribution >= 0.6 is 0 Å². The monoisotopic (exact) mass is 459 g/mol. The first-order valence-corrected chi connectivity index (χ1v) is 11.9. The molecular weight excluding hydrogens is 426 g/mol. The lowest BCUT2D eigenvalue weighted by atomic mass is 9.98. The van der Waals surface area contributed by atoms with Crippen LogP contribution < -0.4 is 14.8 Å². The van der Waals surface area contributed by atoms with Crippen molar-refractivity contribution in [2.75, 3.05) is 19.0 Å². The summed E-state index contributed by atoms with van der Waals surface area (Å²) in [6, 6.07) is 11.4. The summed E-state index contributed by atoms with van der Waals surface area (Å²) in [6.45, 7) is 4.64. The number of methoxy groups -OCH3 is 1. The van der Waals surface area contributed by atoms with Crippen molar-refractivity contribution in [1.82, 2.24) is 9.97 Å². The molecule has 178 valence electrons. The van der Waals surface area contributed by atoms with Gasteiger partial charge in [0.2, 0.25) is 0 Å². The third-order valence-corrected chi connectivity index (χ3v) is 5.95. The van der Waals surface area contributed by atoms with Crippen molar-refractivity contribution in [2.45, 2.75) is 52.4 Å². The molecular formula is C28H33N3O3. The summed E-state index contributed by atoms with van der Waals surface area (Å²) in [5.74, 6) is 5.13. The largest absolute Gasteiger partial charge is 0.493 e. The van der Waals surface area contributed by atoms with Gasteiger partial charge < -0.3 is 14.8 Å². The number of hydrogen-bond donors (Lipinski definition) is 1. The van der Waals surface area contributed by atoms with Crippen molar-refractivity contribution in [3.8, 4) is 23.8 Å². The van der Waals surface area contributed by atoms with Crippen molar-refractivity contribution in [3.05, 3.63) is 48.3 Å². The fourth-order valence-corrected chi connectivity index (χ4v) is 3.67. The van der Waals surface area contributed by atoms with Gasteiger partial charge in [0, 0.05) is 35.0 Å². The number of nitrogens with zero attached hydrogens (tertiary/aromatic N) is 2. The highest BCUT2D eigenvalue weighted by molar-refractivity contribution is 5.93. The van der Waals surface area contributed by atoms with Gasteiger partial charge in [-0.25, -0.2) is 9.97 Å². The summed E-state index contributed by atoms with van der Waals surface area (Å²) < 4.78 is 11.6. The van der Waals surface area contributed by atoms with E-state index < -0.39 is 0 Å². The van der Waals surface area contributed by atoms with E-state index in [9.17, 15) is 4.79 Å². The molecule has 3 aromatic rings. The molecule has 6 nitrogen and oxygen atoms in total.